The van der Waals surface area contributed by atoms with Gasteiger partial charge in [-0.1, -0.05) is 22.9 Å². The molecule has 28 heavy (non-hydrogen) atoms. The van der Waals surface area contributed by atoms with E-state index in [1.165, 1.54) is 19.4 Å². The van der Waals surface area contributed by atoms with Gasteiger partial charge >= 0.3 is 0 Å². The zero-order chi connectivity index (χ0) is 20.7. The SMILES string of the molecule is CCN1CCCC1CNCc1c(Br)ccc(OC)c1OCC(=O)NC(C)(C)C. The molecule has 0 radical (unpaired) electrons. The number of benzene rings is 1. The highest BCUT2D eigenvalue weighted by molar-refractivity contribution is 9.10. The Hall–Kier alpha value is -1.31. The van der Waals surface area contributed by atoms with Crippen LogP contribution in [0.2, 0.25) is 0 Å². The fraction of sp³-hybridized carbons (Fsp3) is 0.667. The third kappa shape index (κ3) is 6.64. The van der Waals surface area contributed by atoms with Crippen molar-refractivity contribution in [3.05, 3.63) is 22.2 Å². The molecule has 158 valence electrons. The number of carbonyl (C=O) groups excluding carboxylic acids is 1. The summed E-state index contributed by atoms with van der Waals surface area (Å²) >= 11 is 3.62. The lowest BCUT2D eigenvalue weighted by Crippen LogP contribution is -2.43. The van der Waals surface area contributed by atoms with Crippen molar-refractivity contribution in [2.24, 2.45) is 0 Å². The average molecular weight is 456 g/mol. The molecule has 0 spiro atoms. The van der Waals surface area contributed by atoms with E-state index in [2.05, 4.69) is 38.4 Å². The molecule has 0 saturated carbocycles. The van der Waals surface area contributed by atoms with Gasteiger partial charge in [-0.15, -0.1) is 0 Å². The Labute approximate surface area is 177 Å². The first kappa shape index (κ1) is 23.0. The summed E-state index contributed by atoms with van der Waals surface area (Å²) in [5.41, 5.74) is 0.669. The summed E-state index contributed by atoms with van der Waals surface area (Å²) < 4.78 is 12.3. The lowest BCUT2D eigenvalue weighted by atomic mass is 10.1. The minimum absolute atomic E-state index is 0.0523. The van der Waals surface area contributed by atoms with Gasteiger partial charge in [0.1, 0.15) is 0 Å². The number of amides is 1. The molecule has 1 heterocycles. The standard InChI is InChI=1S/C21H34BrN3O3/c1-6-25-11-7-8-15(25)12-23-13-16-17(22)9-10-18(27-5)20(16)28-14-19(26)24-21(2,3)4/h9-10,15,23H,6-8,11-14H2,1-5H3,(H,24,26). The summed E-state index contributed by atoms with van der Waals surface area (Å²) in [6.45, 7) is 11.8. The molecule has 1 saturated heterocycles. The molecule has 1 amide bonds. The highest BCUT2D eigenvalue weighted by atomic mass is 79.9. The number of hydrogen-bond acceptors (Lipinski definition) is 5. The molecule has 1 aromatic rings. The number of likely N-dealkylation sites (N-methyl/N-ethyl adjacent to an activating group) is 1. The maximum absolute atomic E-state index is 12.2. The lowest BCUT2D eigenvalue weighted by molar-refractivity contribution is -0.124. The Morgan fingerprint density at radius 3 is 2.75 bits per heavy atom. The smallest absolute Gasteiger partial charge is 0.258 e. The Morgan fingerprint density at radius 1 is 1.36 bits per heavy atom. The fourth-order valence-electron chi connectivity index (χ4n) is 3.56. The van der Waals surface area contributed by atoms with E-state index in [1.807, 2.05) is 32.9 Å². The van der Waals surface area contributed by atoms with Gasteiger partial charge in [0.15, 0.2) is 18.1 Å². The molecule has 0 aliphatic carbocycles. The van der Waals surface area contributed by atoms with Crippen LogP contribution in [0.1, 0.15) is 46.1 Å². The number of halogens is 1. The third-order valence-corrected chi connectivity index (χ3v) is 5.58. The van der Waals surface area contributed by atoms with Gasteiger partial charge in [0.25, 0.3) is 5.91 Å². The predicted octanol–water partition coefficient (Wildman–Crippen LogP) is 3.33. The molecule has 0 bridgehead atoms. The van der Waals surface area contributed by atoms with E-state index in [4.69, 9.17) is 9.47 Å². The summed E-state index contributed by atoms with van der Waals surface area (Å²) in [5, 5.41) is 6.47. The molecule has 7 heteroatoms. The van der Waals surface area contributed by atoms with E-state index in [9.17, 15) is 4.79 Å². The second-order valence-electron chi connectivity index (χ2n) is 8.20. The number of methoxy groups -OCH3 is 1. The highest BCUT2D eigenvalue weighted by Crippen LogP contribution is 2.36. The molecule has 6 nitrogen and oxygen atoms in total. The van der Waals surface area contributed by atoms with Gasteiger partial charge in [-0.3, -0.25) is 9.69 Å². The van der Waals surface area contributed by atoms with E-state index in [0.717, 1.165) is 23.1 Å². The highest BCUT2D eigenvalue weighted by Gasteiger charge is 2.23. The van der Waals surface area contributed by atoms with E-state index >= 15 is 0 Å². The Morgan fingerprint density at radius 2 is 2.11 bits per heavy atom. The largest absolute Gasteiger partial charge is 0.493 e. The Kier molecular flexibility index (Phi) is 8.58. The van der Waals surface area contributed by atoms with E-state index in [1.54, 1.807) is 7.11 Å². The molecule has 1 unspecified atom stereocenters. The van der Waals surface area contributed by atoms with Crippen LogP contribution < -0.4 is 20.1 Å². The quantitative estimate of drug-likeness (QED) is 0.597. The predicted molar refractivity (Wildman–Crippen MR) is 116 cm³/mol. The van der Waals surface area contributed by atoms with E-state index in [0.29, 0.717) is 24.1 Å². The van der Waals surface area contributed by atoms with Crippen molar-refractivity contribution in [1.29, 1.82) is 0 Å². The van der Waals surface area contributed by atoms with Gasteiger partial charge in [-0.05, 0) is 58.8 Å². The van der Waals surface area contributed by atoms with E-state index < -0.39 is 0 Å². The average Bonchev–Trinajstić information content (AvgIpc) is 3.07. The first-order valence-electron chi connectivity index (χ1n) is 9.99. The molecule has 1 aliphatic heterocycles. The van der Waals surface area contributed by atoms with Crippen LogP contribution in [0.3, 0.4) is 0 Å². The summed E-state index contributed by atoms with van der Waals surface area (Å²) in [4.78, 5) is 14.7. The van der Waals surface area contributed by atoms with Crippen LogP contribution in [0, 0.1) is 0 Å². The minimum atomic E-state index is -0.293. The molecule has 2 N–H and O–H groups in total. The first-order valence-corrected chi connectivity index (χ1v) is 10.8. The molecule has 1 atom stereocenters. The van der Waals surface area contributed by atoms with Gasteiger partial charge in [0.2, 0.25) is 0 Å². The second-order valence-corrected chi connectivity index (χ2v) is 9.05. The van der Waals surface area contributed by atoms with E-state index in [-0.39, 0.29) is 18.1 Å². The van der Waals surface area contributed by atoms with Crippen LogP contribution in [0.5, 0.6) is 11.5 Å². The van der Waals surface area contributed by atoms with Crippen molar-refractivity contribution in [2.75, 3.05) is 33.4 Å². The van der Waals surface area contributed by atoms with Gasteiger partial charge in [0, 0.05) is 34.7 Å². The van der Waals surface area contributed by atoms with Crippen molar-refractivity contribution in [3.8, 4) is 11.5 Å². The molecule has 1 aliphatic rings. The summed E-state index contributed by atoms with van der Waals surface area (Å²) in [5.74, 6) is 1.07. The van der Waals surface area contributed by atoms with Crippen LogP contribution in [0.4, 0.5) is 0 Å². The number of rotatable bonds is 9. The number of carbonyl (C=O) groups is 1. The van der Waals surface area contributed by atoms with Crippen LogP contribution in [0.15, 0.2) is 16.6 Å². The summed E-state index contributed by atoms with van der Waals surface area (Å²) in [7, 11) is 1.61. The second kappa shape index (κ2) is 10.5. The summed E-state index contributed by atoms with van der Waals surface area (Å²) in [6, 6.07) is 4.38. The third-order valence-electron chi connectivity index (χ3n) is 4.84. The van der Waals surface area contributed by atoms with Crippen LogP contribution in [0.25, 0.3) is 0 Å². The van der Waals surface area contributed by atoms with Crippen molar-refractivity contribution >= 4 is 21.8 Å². The first-order chi connectivity index (χ1) is 13.2. The van der Waals surface area contributed by atoms with Crippen molar-refractivity contribution in [2.45, 2.75) is 58.7 Å². The number of nitrogens with one attached hydrogen (secondary N) is 2. The van der Waals surface area contributed by atoms with Gasteiger partial charge in [-0.2, -0.15) is 0 Å². The normalized spacial score (nSPS) is 17.6. The van der Waals surface area contributed by atoms with Crippen LogP contribution in [-0.2, 0) is 11.3 Å². The number of hydrogen-bond donors (Lipinski definition) is 2. The monoisotopic (exact) mass is 455 g/mol. The summed E-state index contributed by atoms with van der Waals surface area (Å²) in [6.07, 6.45) is 2.50. The molecular formula is C21H34BrN3O3. The van der Waals surface area contributed by atoms with Crippen LogP contribution >= 0.6 is 15.9 Å². The topological polar surface area (TPSA) is 62.8 Å². The zero-order valence-electron chi connectivity index (χ0n) is 17.7. The lowest BCUT2D eigenvalue weighted by Gasteiger charge is -2.24. The molecule has 1 aromatic carbocycles. The molecule has 2 rings (SSSR count). The number of ether oxygens (including phenoxy) is 2. The maximum Gasteiger partial charge on any atom is 0.258 e. The van der Waals surface area contributed by atoms with Gasteiger partial charge < -0.3 is 20.1 Å². The van der Waals surface area contributed by atoms with Gasteiger partial charge in [0.05, 0.1) is 7.11 Å². The van der Waals surface area contributed by atoms with Crippen LogP contribution in [-0.4, -0.2) is 55.7 Å². The van der Waals surface area contributed by atoms with Crippen molar-refractivity contribution in [1.82, 2.24) is 15.5 Å². The maximum atomic E-state index is 12.2. The molecule has 1 fully saturated rings. The zero-order valence-corrected chi connectivity index (χ0v) is 19.3. The van der Waals surface area contributed by atoms with Gasteiger partial charge in [-0.25, -0.2) is 0 Å². The van der Waals surface area contributed by atoms with Crippen molar-refractivity contribution < 1.29 is 14.3 Å². The molecule has 0 aromatic heterocycles. The van der Waals surface area contributed by atoms with Crippen molar-refractivity contribution in [3.63, 3.8) is 0 Å². The number of nitrogens with zero attached hydrogens (tertiary/aromatic N) is 1. The number of likely N-dealkylation sites (tertiary alicyclic amines) is 1. The Balaban J connectivity index is 2.04. The fourth-order valence-corrected chi connectivity index (χ4v) is 4.02. The minimum Gasteiger partial charge on any atom is -0.493 e. The Bertz CT molecular complexity index is 661. The molecular weight excluding hydrogens is 422 g/mol.